The van der Waals surface area contributed by atoms with Crippen molar-refractivity contribution >= 4 is 0 Å². The highest BCUT2D eigenvalue weighted by Gasteiger charge is 2.35. The number of benzene rings is 3. The zero-order valence-electron chi connectivity index (χ0n) is 22.1. The average molecular weight is 556 g/mol. The van der Waals surface area contributed by atoms with Gasteiger partial charge in [0.25, 0.3) is 5.56 Å². The number of methoxy groups -OCH3 is 1. The van der Waals surface area contributed by atoms with Crippen molar-refractivity contribution in [3.8, 4) is 16.9 Å². The fourth-order valence-electron chi connectivity index (χ4n) is 4.87. The van der Waals surface area contributed by atoms with E-state index in [2.05, 4.69) is 0 Å². The molecule has 2 N–H and O–H groups in total. The second-order valence-electron chi connectivity index (χ2n) is 9.34. The minimum atomic E-state index is -4.84. The molecule has 0 saturated heterocycles. The van der Waals surface area contributed by atoms with E-state index in [9.17, 15) is 27.2 Å². The Kier molecular flexibility index (Phi) is 8.58. The van der Waals surface area contributed by atoms with Crippen molar-refractivity contribution in [1.29, 1.82) is 0 Å². The van der Waals surface area contributed by atoms with Crippen molar-refractivity contribution in [2.24, 2.45) is 5.73 Å². The fourth-order valence-corrected chi connectivity index (χ4v) is 4.87. The molecule has 210 valence electrons. The minimum absolute atomic E-state index is 0.0418. The molecule has 0 unspecified atom stereocenters. The average Bonchev–Trinajstić information content (AvgIpc) is 2.92. The van der Waals surface area contributed by atoms with Gasteiger partial charge in [0, 0.05) is 17.8 Å². The van der Waals surface area contributed by atoms with Gasteiger partial charge in [-0.3, -0.25) is 13.9 Å². The number of ether oxygens (including phenoxy) is 1. The summed E-state index contributed by atoms with van der Waals surface area (Å²) in [5.74, 6) is -0.651. The summed E-state index contributed by atoms with van der Waals surface area (Å²) in [6.07, 6.45) is -3.93. The Bertz CT molecular complexity index is 1640. The van der Waals surface area contributed by atoms with Gasteiger partial charge in [-0.05, 0) is 67.3 Å². The summed E-state index contributed by atoms with van der Waals surface area (Å²) >= 11 is 0. The van der Waals surface area contributed by atoms with Crippen LogP contribution >= 0.6 is 0 Å². The Morgan fingerprint density at radius 1 is 0.900 bits per heavy atom. The van der Waals surface area contributed by atoms with E-state index in [-0.39, 0.29) is 17.8 Å². The first-order valence-corrected chi connectivity index (χ1v) is 12.7. The molecule has 0 aliphatic heterocycles. The highest BCUT2D eigenvalue weighted by molar-refractivity contribution is 5.66. The molecule has 0 aliphatic rings. The van der Waals surface area contributed by atoms with Crippen molar-refractivity contribution in [2.75, 3.05) is 13.7 Å². The second-order valence-corrected chi connectivity index (χ2v) is 9.34. The van der Waals surface area contributed by atoms with Crippen LogP contribution in [0.15, 0.2) is 76.3 Å². The highest BCUT2D eigenvalue weighted by atomic mass is 19.4. The fraction of sp³-hybridized carbons (Fsp3) is 0.267. The summed E-state index contributed by atoms with van der Waals surface area (Å²) in [6.45, 7) is 1.12. The SMILES string of the molecule is COc1cccc(-c2c(C)n(Cc3c(F)cccc3C(F)(F)F)c(=O)n(CCc3ccccc3CCN)c2=O)c1. The van der Waals surface area contributed by atoms with Crippen molar-refractivity contribution in [3.05, 3.63) is 121 Å². The molecule has 6 nitrogen and oxygen atoms in total. The van der Waals surface area contributed by atoms with E-state index in [0.29, 0.717) is 30.7 Å². The standard InChI is InChI=1S/C30H29F4N3O3/c1-19-27(22-9-5-10-23(17-22)40-2)28(38)36(16-14-21-8-4-3-7-20(21)13-15-35)29(39)37(19)18-24-25(30(32,33)34)11-6-12-26(24)31/h3-12,17H,13-16,18,35H2,1-2H3. The Hall–Kier alpha value is -4.18. The molecule has 0 radical (unpaired) electrons. The monoisotopic (exact) mass is 555 g/mol. The van der Waals surface area contributed by atoms with E-state index >= 15 is 0 Å². The molecule has 0 aliphatic carbocycles. The van der Waals surface area contributed by atoms with Crippen LogP contribution < -0.4 is 21.7 Å². The molecular weight excluding hydrogens is 526 g/mol. The minimum Gasteiger partial charge on any atom is -0.497 e. The van der Waals surface area contributed by atoms with Gasteiger partial charge < -0.3 is 10.5 Å². The molecule has 3 aromatic carbocycles. The number of rotatable bonds is 9. The van der Waals surface area contributed by atoms with Crippen LogP contribution in [0.3, 0.4) is 0 Å². The maximum absolute atomic E-state index is 14.8. The molecular formula is C30H29F4N3O3. The van der Waals surface area contributed by atoms with Crippen molar-refractivity contribution in [3.63, 3.8) is 0 Å². The van der Waals surface area contributed by atoms with E-state index in [1.54, 1.807) is 24.3 Å². The lowest BCUT2D eigenvalue weighted by atomic mass is 10.0. The van der Waals surface area contributed by atoms with Gasteiger partial charge in [0.05, 0.1) is 24.8 Å². The molecule has 4 rings (SSSR count). The first-order chi connectivity index (χ1) is 19.1. The third-order valence-electron chi connectivity index (χ3n) is 6.92. The highest BCUT2D eigenvalue weighted by Crippen LogP contribution is 2.34. The second kappa shape index (κ2) is 11.9. The largest absolute Gasteiger partial charge is 0.497 e. The third-order valence-corrected chi connectivity index (χ3v) is 6.92. The predicted octanol–water partition coefficient (Wildman–Crippen LogP) is 4.94. The number of alkyl halides is 3. The summed E-state index contributed by atoms with van der Waals surface area (Å²) < 4.78 is 63.5. The predicted molar refractivity (Wildman–Crippen MR) is 145 cm³/mol. The van der Waals surface area contributed by atoms with Gasteiger partial charge in [0.15, 0.2) is 0 Å². The molecule has 1 aromatic heterocycles. The van der Waals surface area contributed by atoms with Gasteiger partial charge in [-0.25, -0.2) is 9.18 Å². The van der Waals surface area contributed by atoms with Crippen LogP contribution in [-0.4, -0.2) is 22.8 Å². The summed E-state index contributed by atoms with van der Waals surface area (Å²) in [5.41, 5.74) is 4.92. The summed E-state index contributed by atoms with van der Waals surface area (Å²) in [7, 11) is 1.46. The molecule has 40 heavy (non-hydrogen) atoms. The summed E-state index contributed by atoms with van der Waals surface area (Å²) in [4.78, 5) is 27.5. The molecule has 4 aromatic rings. The Morgan fingerprint density at radius 3 is 2.23 bits per heavy atom. The van der Waals surface area contributed by atoms with Gasteiger partial charge in [0.2, 0.25) is 0 Å². The molecule has 0 bridgehead atoms. The van der Waals surface area contributed by atoms with E-state index in [1.807, 2.05) is 24.3 Å². The van der Waals surface area contributed by atoms with Crippen LogP contribution in [0.4, 0.5) is 17.6 Å². The normalized spacial score (nSPS) is 11.6. The number of halogens is 4. The zero-order chi connectivity index (χ0) is 29.0. The van der Waals surface area contributed by atoms with Crippen LogP contribution in [0.1, 0.15) is 27.9 Å². The van der Waals surface area contributed by atoms with Crippen molar-refractivity contribution in [2.45, 2.75) is 39.0 Å². The Morgan fingerprint density at radius 2 is 1.57 bits per heavy atom. The quantitative estimate of drug-likeness (QED) is 0.297. The van der Waals surface area contributed by atoms with Gasteiger partial charge in [-0.1, -0.05) is 42.5 Å². The topological polar surface area (TPSA) is 79.2 Å². The van der Waals surface area contributed by atoms with Gasteiger partial charge in [0.1, 0.15) is 11.6 Å². The number of aromatic nitrogens is 2. The van der Waals surface area contributed by atoms with Crippen LogP contribution in [0, 0.1) is 12.7 Å². The van der Waals surface area contributed by atoms with Crippen LogP contribution in [0.25, 0.3) is 11.1 Å². The van der Waals surface area contributed by atoms with Gasteiger partial charge >= 0.3 is 11.9 Å². The van der Waals surface area contributed by atoms with E-state index in [0.717, 1.165) is 38.5 Å². The first kappa shape index (κ1) is 28.8. The zero-order valence-corrected chi connectivity index (χ0v) is 22.1. The van der Waals surface area contributed by atoms with Crippen LogP contribution in [-0.2, 0) is 32.1 Å². The number of nitrogens with two attached hydrogens (primary N) is 1. The van der Waals surface area contributed by atoms with Crippen LogP contribution in [0.2, 0.25) is 0 Å². The van der Waals surface area contributed by atoms with Crippen LogP contribution in [0.5, 0.6) is 5.75 Å². The molecule has 0 saturated carbocycles. The lowest BCUT2D eigenvalue weighted by molar-refractivity contribution is -0.138. The molecule has 0 atom stereocenters. The number of hydrogen-bond donors (Lipinski definition) is 1. The molecule has 0 fully saturated rings. The first-order valence-electron chi connectivity index (χ1n) is 12.7. The van der Waals surface area contributed by atoms with Crippen molar-refractivity contribution < 1.29 is 22.3 Å². The maximum atomic E-state index is 14.8. The summed E-state index contributed by atoms with van der Waals surface area (Å²) in [6, 6.07) is 16.7. The Labute approximate surface area is 228 Å². The third kappa shape index (κ3) is 5.86. The summed E-state index contributed by atoms with van der Waals surface area (Å²) in [5, 5.41) is 0. The van der Waals surface area contributed by atoms with Crippen molar-refractivity contribution in [1.82, 2.24) is 9.13 Å². The van der Waals surface area contributed by atoms with E-state index in [1.165, 1.54) is 14.0 Å². The number of hydrogen-bond acceptors (Lipinski definition) is 4. The Balaban J connectivity index is 1.92. The smallest absolute Gasteiger partial charge is 0.416 e. The molecule has 0 amide bonds. The maximum Gasteiger partial charge on any atom is 0.416 e. The van der Waals surface area contributed by atoms with E-state index in [4.69, 9.17) is 10.5 Å². The van der Waals surface area contributed by atoms with Gasteiger partial charge in [-0.15, -0.1) is 0 Å². The lowest BCUT2D eigenvalue weighted by Gasteiger charge is -2.20. The number of aryl methyl sites for hydroxylation is 1. The molecule has 1 heterocycles. The van der Waals surface area contributed by atoms with Gasteiger partial charge in [-0.2, -0.15) is 13.2 Å². The molecule has 10 heteroatoms. The molecule has 0 spiro atoms. The lowest BCUT2D eigenvalue weighted by Crippen LogP contribution is -2.43. The van der Waals surface area contributed by atoms with E-state index < -0.39 is 40.9 Å². The number of nitrogens with zero attached hydrogens (tertiary/aromatic N) is 2.